The Hall–Kier alpha value is -0.820. The molecule has 2 rings (SSSR count). The Balaban J connectivity index is 1.78. The molecule has 2 fully saturated rings. The Bertz CT molecular complexity index is 484. The monoisotopic (exact) mass is 330 g/mol. The number of rotatable bonds is 5. The zero-order valence-corrected chi connectivity index (χ0v) is 14.7. The van der Waals surface area contributed by atoms with Crippen molar-refractivity contribution >= 4 is 16.0 Å². The Morgan fingerprint density at radius 3 is 2.55 bits per heavy atom. The summed E-state index contributed by atoms with van der Waals surface area (Å²) in [7, 11) is -1.31. The van der Waals surface area contributed by atoms with Crippen LogP contribution in [-0.2, 0) is 10.0 Å². The van der Waals surface area contributed by atoms with Crippen molar-refractivity contribution in [3.8, 4) is 0 Å². The van der Waals surface area contributed by atoms with Crippen LogP contribution < -0.4 is 10.0 Å². The van der Waals surface area contributed by atoms with Crippen molar-refractivity contribution in [1.29, 1.82) is 0 Å². The summed E-state index contributed by atoms with van der Waals surface area (Å²) < 4.78 is 25.4. The van der Waals surface area contributed by atoms with Gasteiger partial charge in [-0.2, -0.15) is 0 Å². The Labute approximate surface area is 134 Å². The van der Waals surface area contributed by atoms with Gasteiger partial charge in [-0.25, -0.2) is 13.1 Å². The van der Waals surface area contributed by atoms with E-state index >= 15 is 0 Å². The van der Waals surface area contributed by atoms with Gasteiger partial charge in [-0.1, -0.05) is 19.3 Å². The largest absolute Gasteiger partial charge is 0.355 e. The van der Waals surface area contributed by atoms with Crippen LogP contribution in [0.15, 0.2) is 4.99 Å². The number of likely N-dealkylation sites (tertiary alicyclic amines) is 1. The van der Waals surface area contributed by atoms with Gasteiger partial charge in [0, 0.05) is 33.2 Å². The number of guanidine groups is 1. The summed E-state index contributed by atoms with van der Waals surface area (Å²) in [5.41, 5.74) is 0.500. The fraction of sp³-hybridized carbons (Fsp3) is 0.933. The number of nitrogens with one attached hydrogen (secondary N) is 2. The Morgan fingerprint density at radius 2 is 1.91 bits per heavy atom. The Kier molecular flexibility index (Phi) is 6.09. The lowest BCUT2D eigenvalue weighted by atomic mass is 9.73. The summed E-state index contributed by atoms with van der Waals surface area (Å²) in [6, 6.07) is 0. The van der Waals surface area contributed by atoms with Gasteiger partial charge in [0.25, 0.3) is 0 Å². The van der Waals surface area contributed by atoms with Crippen LogP contribution in [0, 0.1) is 5.41 Å². The first-order valence-corrected chi connectivity index (χ1v) is 10.1. The molecule has 128 valence electrons. The molecule has 0 aromatic heterocycles. The van der Waals surface area contributed by atoms with Crippen LogP contribution in [0.2, 0.25) is 0 Å². The molecule has 0 aromatic rings. The summed E-state index contributed by atoms with van der Waals surface area (Å²) >= 11 is 0. The van der Waals surface area contributed by atoms with Crippen molar-refractivity contribution in [1.82, 2.24) is 14.9 Å². The third-order valence-corrected chi connectivity index (χ3v) is 6.38. The second kappa shape index (κ2) is 7.64. The van der Waals surface area contributed by atoms with Gasteiger partial charge in [0.1, 0.15) is 0 Å². The quantitative estimate of drug-likeness (QED) is 0.451. The van der Waals surface area contributed by atoms with Crippen molar-refractivity contribution in [2.75, 3.05) is 39.0 Å². The fourth-order valence-corrected chi connectivity index (χ4v) is 4.26. The van der Waals surface area contributed by atoms with E-state index in [1.807, 2.05) is 0 Å². The number of hydrogen-bond acceptors (Lipinski definition) is 3. The molecule has 1 saturated carbocycles. The van der Waals surface area contributed by atoms with Crippen molar-refractivity contribution < 1.29 is 8.42 Å². The zero-order valence-electron chi connectivity index (χ0n) is 13.9. The highest BCUT2D eigenvalue weighted by molar-refractivity contribution is 7.89. The lowest BCUT2D eigenvalue weighted by molar-refractivity contribution is 0.203. The van der Waals surface area contributed by atoms with Gasteiger partial charge < -0.3 is 10.2 Å². The number of hydrogen-bond donors (Lipinski definition) is 2. The molecule has 0 amide bonds. The normalized spacial score (nSPS) is 22.3. The average molecular weight is 330 g/mol. The maximum atomic E-state index is 11.4. The van der Waals surface area contributed by atoms with Crippen LogP contribution in [0.4, 0.5) is 0 Å². The van der Waals surface area contributed by atoms with Crippen LogP contribution in [0.1, 0.15) is 45.4 Å². The van der Waals surface area contributed by atoms with Crippen molar-refractivity contribution in [2.24, 2.45) is 10.4 Å². The molecule has 1 heterocycles. The van der Waals surface area contributed by atoms with Gasteiger partial charge in [-0.3, -0.25) is 4.99 Å². The summed E-state index contributed by atoms with van der Waals surface area (Å²) in [4.78, 5) is 6.69. The van der Waals surface area contributed by atoms with E-state index in [0.29, 0.717) is 18.5 Å². The average Bonchev–Trinajstić information content (AvgIpc) is 2.91. The van der Waals surface area contributed by atoms with Gasteiger partial charge in [0.15, 0.2) is 5.96 Å². The molecule has 1 saturated heterocycles. The molecule has 2 N–H and O–H groups in total. The van der Waals surface area contributed by atoms with Gasteiger partial charge in [0.2, 0.25) is 10.0 Å². The molecule has 7 heteroatoms. The second-order valence-electron chi connectivity index (χ2n) is 6.50. The standard InChI is InChI=1S/C15H30N4O2S/c1-3-22(20,21)18-11-10-17-14(16-2)19-12-9-15(13-19)7-5-4-6-8-15/h18H,3-13H2,1-2H3,(H,16,17). The summed E-state index contributed by atoms with van der Waals surface area (Å²) in [6.45, 7) is 4.75. The molecule has 1 aliphatic heterocycles. The first kappa shape index (κ1) is 17.5. The molecule has 0 aromatic carbocycles. The van der Waals surface area contributed by atoms with E-state index in [9.17, 15) is 8.42 Å². The van der Waals surface area contributed by atoms with Crippen LogP contribution in [0.3, 0.4) is 0 Å². The van der Waals surface area contributed by atoms with E-state index in [0.717, 1.165) is 19.0 Å². The van der Waals surface area contributed by atoms with Gasteiger partial charge in [0.05, 0.1) is 5.75 Å². The van der Waals surface area contributed by atoms with Gasteiger partial charge in [-0.05, 0) is 31.6 Å². The van der Waals surface area contributed by atoms with E-state index in [1.165, 1.54) is 38.5 Å². The molecule has 0 unspecified atom stereocenters. The molecule has 6 nitrogen and oxygen atoms in total. The predicted octanol–water partition coefficient (Wildman–Crippen LogP) is 1.16. The maximum Gasteiger partial charge on any atom is 0.211 e. The van der Waals surface area contributed by atoms with Crippen LogP contribution in [-0.4, -0.2) is 58.3 Å². The third-order valence-electron chi connectivity index (χ3n) is 4.97. The van der Waals surface area contributed by atoms with Crippen LogP contribution >= 0.6 is 0 Å². The molecule has 0 bridgehead atoms. The molecule has 2 aliphatic rings. The molecule has 1 aliphatic carbocycles. The maximum absolute atomic E-state index is 11.4. The number of aliphatic imine (C=N–C) groups is 1. The van der Waals surface area contributed by atoms with Crippen LogP contribution in [0.25, 0.3) is 0 Å². The number of nitrogens with zero attached hydrogens (tertiary/aromatic N) is 2. The highest BCUT2D eigenvalue weighted by Crippen LogP contribution is 2.43. The lowest BCUT2D eigenvalue weighted by Gasteiger charge is -2.33. The SMILES string of the molecule is CCS(=O)(=O)NCCNC(=NC)N1CCC2(CCCCC2)C1. The summed E-state index contributed by atoms with van der Waals surface area (Å²) in [5.74, 6) is 1.02. The predicted molar refractivity (Wildman–Crippen MR) is 90.5 cm³/mol. The number of sulfonamides is 1. The molecule has 22 heavy (non-hydrogen) atoms. The highest BCUT2D eigenvalue weighted by atomic mass is 32.2. The smallest absolute Gasteiger partial charge is 0.211 e. The van der Waals surface area contributed by atoms with E-state index in [1.54, 1.807) is 14.0 Å². The van der Waals surface area contributed by atoms with Crippen molar-refractivity contribution in [3.63, 3.8) is 0 Å². The molecular formula is C15H30N4O2S. The molecule has 0 radical (unpaired) electrons. The van der Waals surface area contributed by atoms with E-state index in [2.05, 4.69) is 19.9 Å². The molecular weight excluding hydrogens is 300 g/mol. The van der Waals surface area contributed by atoms with E-state index in [-0.39, 0.29) is 5.75 Å². The molecule has 1 spiro atoms. The fourth-order valence-electron chi connectivity index (χ4n) is 3.64. The highest BCUT2D eigenvalue weighted by Gasteiger charge is 2.39. The summed E-state index contributed by atoms with van der Waals surface area (Å²) in [5, 5.41) is 3.28. The third kappa shape index (κ3) is 4.59. The summed E-state index contributed by atoms with van der Waals surface area (Å²) in [6.07, 6.45) is 8.05. The van der Waals surface area contributed by atoms with Crippen LogP contribution in [0.5, 0.6) is 0 Å². The van der Waals surface area contributed by atoms with Gasteiger partial charge in [-0.15, -0.1) is 0 Å². The minimum atomic E-state index is -3.11. The lowest BCUT2D eigenvalue weighted by Crippen LogP contribution is -2.44. The minimum absolute atomic E-state index is 0.121. The molecule has 0 atom stereocenters. The van der Waals surface area contributed by atoms with Crippen molar-refractivity contribution in [2.45, 2.75) is 45.4 Å². The minimum Gasteiger partial charge on any atom is -0.355 e. The first-order valence-electron chi connectivity index (χ1n) is 8.43. The first-order chi connectivity index (χ1) is 10.5. The van der Waals surface area contributed by atoms with Crippen molar-refractivity contribution in [3.05, 3.63) is 0 Å². The Morgan fingerprint density at radius 1 is 1.18 bits per heavy atom. The van der Waals surface area contributed by atoms with Gasteiger partial charge >= 0.3 is 0 Å². The second-order valence-corrected chi connectivity index (χ2v) is 8.60. The zero-order chi connectivity index (χ0) is 16.1. The van der Waals surface area contributed by atoms with E-state index in [4.69, 9.17) is 0 Å². The topological polar surface area (TPSA) is 73.8 Å². The van der Waals surface area contributed by atoms with E-state index < -0.39 is 10.0 Å².